The van der Waals surface area contributed by atoms with Crippen molar-refractivity contribution in [3.63, 3.8) is 0 Å². The van der Waals surface area contributed by atoms with Crippen molar-refractivity contribution in [2.45, 2.75) is 13.3 Å². The summed E-state index contributed by atoms with van der Waals surface area (Å²) >= 11 is 1.14. The summed E-state index contributed by atoms with van der Waals surface area (Å²) in [5.41, 5.74) is 0.699. The fourth-order valence-corrected chi connectivity index (χ4v) is 1.69. The molecule has 0 aliphatic rings. The smallest absolute Gasteiger partial charge is 0.264 e. The van der Waals surface area contributed by atoms with Crippen LogP contribution in [-0.4, -0.2) is 47.6 Å². The van der Waals surface area contributed by atoms with Gasteiger partial charge in [-0.3, -0.25) is 4.79 Å². The second-order valence-electron chi connectivity index (χ2n) is 3.60. The predicted molar refractivity (Wildman–Crippen MR) is 60.2 cm³/mol. The van der Waals surface area contributed by atoms with E-state index >= 15 is 0 Å². The molecule has 0 aliphatic heterocycles. The minimum absolute atomic E-state index is 0.0683. The maximum absolute atomic E-state index is 11.6. The molecule has 6 heteroatoms. The molecule has 1 aromatic heterocycles. The Kier molecular flexibility index (Phi) is 4.64. The lowest BCUT2D eigenvalue weighted by Crippen LogP contribution is -2.26. The molecule has 0 unspecified atom stereocenters. The second kappa shape index (κ2) is 5.77. The van der Waals surface area contributed by atoms with Crippen molar-refractivity contribution < 1.29 is 4.79 Å². The summed E-state index contributed by atoms with van der Waals surface area (Å²) in [5, 5.41) is 6.64. The van der Waals surface area contributed by atoms with Crippen LogP contribution in [0.25, 0.3) is 0 Å². The van der Waals surface area contributed by atoms with Crippen LogP contribution in [0.2, 0.25) is 0 Å². The van der Waals surface area contributed by atoms with Gasteiger partial charge < -0.3 is 10.2 Å². The number of aromatic nitrogens is 2. The highest BCUT2D eigenvalue weighted by Crippen LogP contribution is 2.07. The van der Waals surface area contributed by atoms with Crippen LogP contribution in [0.5, 0.6) is 0 Å². The molecule has 0 atom stereocenters. The van der Waals surface area contributed by atoms with Crippen LogP contribution < -0.4 is 5.32 Å². The molecule has 84 valence electrons. The van der Waals surface area contributed by atoms with Crippen LogP contribution in [0.3, 0.4) is 0 Å². The average Bonchev–Trinajstić information content (AvgIpc) is 2.58. The van der Waals surface area contributed by atoms with Gasteiger partial charge in [0, 0.05) is 6.54 Å². The lowest BCUT2D eigenvalue weighted by Gasteiger charge is -2.09. The zero-order chi connectivity index (χ0) is 11.3. The van der Waals surface area contributed by atoms with E-state index in [1.54, 1.807) is 6.92 Å². The van der Waals surface area contributed by atoms with Gasteiger partial charge in [0.2, 0.25) is 0 Å². The van der Waals surface area contributed by atoms with E-state index in [2.05, 4.69) is 19.8 Å². The molecule has 0 spiro atoms. The first kappa shape index (κ1) is 12.1. The maximum Gasteiger partial charge on any atom is 0.264 e. The van der Waals surface area contributed by atoms with E-state index in [4.69, 9.17) is 0 Å². The van der Waals surface area contributed by atoms with Crippen molar-refractivity contribution in [1.29, 1.82) is 0 Å². The quantitative estimate of drug-likeness (QED) is 0.747. The van der Waals surface area contributed by atoms with Crippen LogP contribution in [0, 0.1) is 6.92 Å². The lowest BCUT2D eigenvalue weighted by molar-refractivity contribution is 0.0955. The molecule has 1 N–H and O–H groups in total. The minimum Gasteiger partial charge on any atom is -0.351 e. The Morgan fingerprint density at radius 3 is 2.80 bits per heavy atom. The van der Waals surface area contributed by atoms with Gasteiger partial charge in [0.25, 0.3) is 5.91 Å². The topological polar surface area (TPSA) is 58.1 Å². The van der Waals surface area contributed by atoms with Gasteiger partial charge in [0.1, 0.15) is 4.88 Å². The third kappa shape index (κ3) is 3.93. The summed E-state index contributed by atoms with van der Waals surface area (Å²) in [7, 11) is 4.03. The van der Waals surface area contributed by atoms with E-state index in [1.165, 1.54) is 0 Å². The molecule has 0 aromatic carbocycles. The van der Waals surface area contributed by atoms with Crippen LogP contribution in [-0.2, 0) is 0 Å². The van der Waals surface area contributed by atoms with E-state index in [1.807, 2.05) is 14.1 Å². The summed E-state index contributed by atoms with van der Waals surface area (Å²) < 4.78 is 3.72. The molecular formula is C9H16N4OS. The maximum atomic E-state index is 11.6. The van der Waals surface area contributed by atoms with E-state index in [9.17, 15) is 4.79 Å². The summed E-state index contributed by atoms with van der Waals surface area (Å²) in [6.07, 6.45) is 0.948. The number of carbonyl (C=O) groups is 1. The average molecular weight is 228 g/mol. The zero-order valence-electron chi connectivity index (χ0n) is 9.28. The van der Waals surface area contributed by atoms with Gasteiger partial charge in [-0.25, -0.2) is 0 Å². The van der Waals surface area contributed by atoms with Gasteiger partial charge in [0.15, 0.2) is 0 Å². The lowest BCUT2D eigenvalue weighted by atomic mass is 10.3. The number of nitrogens with zero attached hydrogens (tertiary/aromatic N) is 3. The second-order valence-corrected chi connectivity index (χ2v) is 4.35. The number of nitrogens with one attached hydrogen (secondary N) is 1. The highest BCUT2D eigenvalue weighted by molar-refractivity contribution is 7.07. The van der Waals surface area contributed by atoms with Crippen molar-refractivity contribution in [2.24, 2.45) is 0 Å². The SMILES string of the molecule is Cc1nnsc1C(=O)NCCCN(C)C. The standard InChI is InChI=1S/C9H16N4OS/c1-7-8(15-12-11-7)9(14)10-5-4-6-13(2)3/h4-6H2,1-3H3,(H,10,14). The van der Waals surface area contributed by atoms with Gasteiger partial charge in [-0.05, 0) is 45.5 Å². The van der Waals surface area contributed by atoms with E-state index in [0.717, 1.165) is 24.5 Å². The molecule has 0 radical (unpaired) electrons. The van der Waals surface area contributed by atoms with Gasteiger partial charge >= 0.3 is 0 Å². The molecule has 1 amide bonds. The van der Waals surface area contributed by atoms with Gasteiger partial charge in [-0.1, -0.05) is 4.49 Å². The van der Waals surface area contributed by atoms with E-state index in [-0.39, 0.29) is 5.91 Å². The Bertz CT molecular complexity index is 324. The first-order valence-corrected chi connectivity index (χ1v) is 5.60. The van der Waals surface area contributed by atoms with Crippen molar-refractivity contribution in [2.75, 3.05) is 27.2 Å². The molecule has 0 aliphatic carbocycles. The first-order valence-electron chi connectivity index (χ1n) is 4.83. The molecule has 0 saturated carbocycles. The number of amides is 1. The fourth-order valence-electron chi connectivity index (χ4n) is 1.12. The highest BCUT2D eigenvalue weighted by atomic mass is 32.1. The summed E-state index contributed by atoms with van der Waals surface area (Å²) in [5.74, 6) is -0.0683. The Morgan fingerprint density at radius 2 is 2.27 bits per heavy atom. The molecule has 1 rings (SSSR count). The Balaban J connectivity index is 2.28. The molecule has 1 aromatic rings. The largest absolute Gasteiger partial charge is 0.351 e. The normalized spacial score (nSPS) is 10.7. The third-order valence-electron chi connectivity index (χ3n) is 1.93. The van der Waals surface area contributed by atoms with Crippen molar-refractivity contribution in [1.82, 2.24) is 19.8 Å². The molecule has 15 heavy (non-hydrogen) atoms. The summed E-state index contributed by atoms with van der Waals surface area (Å²) in [4.78, 5) is 14.3. The summed E-state index contributed by atoms with van der Waals surface area (Å²) in [6.45, 7) is 3.45. The van der Waals surface area contributed by atoms with Crippen LogP contribution >= 0.6 is 11.5 Å². The number of carbonyl (C=O) groups excluding carboxylic acids is 1. The van der Waals surface area contributed by atoms with Gasteiger partial charge in [0.05, 0.1) is 5.69 Å². The zero-order valence-corrected chi connectivity index (χ0v) is 10.1. The Labute approximate surface area is 93.6 Å². The van der Waals surface area contributed by atoms with Crippen molar-refractivity contribution >= 4 is 17.4 Å². The first-order chi connectivity index (χ1) is 7.11. The molecular weight excluding hydrogens is 212 g/mol. The molecule has 0 bridgehead atoms. The number of hydrogen-bond donors (Lipinski definition) is 1. The van der Waals surface area contributed by atoms with Crippen LogP contribution in [0.1, 0.15) is 21.8 Å². The highest BCUT2D eigenvalue weighted by Gasteiger charge is 2.11. The van der Waals surface area contributed by atoms with Crippen molar-refractivity contribution in [3.8, 4) is 0 Å². The molecule has 0 fully saturated rings. The van der Waals surface area contributed by atoms with Crippen molar-refractivity contribution in [3.05, 3.63) is 10.6 Å². The van der Waals surface area contributed by atoms with E-state index < -0.39 is 0 Å². The molecule has 5 nitrogen and oxygen atoms in total. The summed E-state index contributed by atoms with van der Waals surface area (Å²) in [6, 6.07) is 0. The number of rotatable bonds is 5. The van der Waals surface area contributed by atoms with Crippen LogP contribution in [0.4, 0.5) is 0 Å². The van der Waals surface area contributed by atoms with E-state index in [0.29, 0.717) is 17.1 Å². The van der Waals surface area contributed by atoms with Crippen LogP contribution in [0.15, 0.2) is 0 Å². The Hall–Kier alpha value is -1.01. The van der Waals surface area contributed by atoms with Gasteiger partial charge in [-0.2, -0.15) is 0 Å². The number of aryl methyl sites for hydroxylation is 1. The molecule has 1 heterocycles. The third-order valence-corrected chi connectivity index (χ3v) is 2.75. The van der Waals surface area contributed by atoms with Gasteiger partial charge in [-0.15, -0.1) is 5.10 Å². The Morgan fingerprint density at radius 1 is 1.53 bits per heavy atom. The predicted octanol–water partition coefficient (Wildman–Crippen LogP) is 0.528. The monoisotopic (exact) mass is 228 g/mol. The fraction of sp³-hybridized carbons (Fsp3) is 0.667. The molecule has 0 saturated heterocycles. The minimum atomic E-state index is -0.0683. The number of hydrogen-bond acceptors (Lipinski definition) is 5.